The van der Waals surface area contributed by atoms with E-state index in [0.29, 0.717) is 5.56 Å². The molecule has 0 saturated heterocycles. The van der Waals surface area contributed by atoms with E-state index in [0.717, 1.165) is 0 Å². The number of amides is 1. The maximum atomic E-state index is 11.6. The molecular weight excluding hydrogens is 210 g/mol. The highest BCUT2D eigenvalue weighted by Gasteiger charge is 2.13. The van der Waals surface area contributed by atoms with Crippen LogP contribution in [0.3, 0.4) is 0 Å². The fraction of sp³-hybridized carbons (Fsp3) is 0.273. The lowest BCUT2D eigenvalue weighted by molar-refractivity contribution is 0.0696. The number of carboxylic acids is 1. The van der Waals surface area contributed by atoms with E-state index in [1.807, 2.05) is 0 Å². The standard InChI is InChI=1S/C11H13NO4/c1-12(2)10(14)8-3-7(6-13)4-9(5-8)11(15)16/h3-5,13H,6H2,1-2H3,(H,15,16). The van der Waals surface area contributed by atoms with Gasteiger partial charge in [0.05, 0.1) is 12.2 Å². The lowest BCUT2D eigenvalue weighted by Crippen LogP contribution is -2.22. The van der Waals surface area contributed by atoms with E-state index in [-0.39, 0.29) is 23.6 Å². The van der Waals surface area contributed by atoms with Crippen molar-refractivity contribution in [2.75, 3.05) is 14.1 Å². The number of nitrogens with zero attached hydrogens (tertiary/aromatic N) is 1. The average molecular weight is 223 g/mol. The largest absolute Gasteiger partial charge is 0.478 e. The molecule has 0 saturated carbocycles. The molecule has 0 bridgehead atoms. The Morgan fingerprint density at radius 3 is 2.19 bits per heavy atom. The van der Waals surface area contributed by atoms with Crippen molar-refractivity contribution in [3.8, 4) is 0 Å². The van der Waals surface area contributed by atoms with Crippen LogP contribution in [-0.2, 0) is 6.61 Å². The number of hydrogen-bond donors (Lipinski definition) is 2. The molecule has 0 radical (unpaired) electrons. The van der Waals surface area contributed by atoms with E-state index >= 15 is 0 Å². The Morgan fingerprint density at radius 2 is 1.75 bits per heavy atom. The number of carbonyl (C=O) groups excluding carboxylic acids is 1. The van der Waals surface area contributed by atoms with Crippen LogP contribution in [0.2, 0.25) is 0 Å². The molecule has 1 amide bonds. The van der Waals surface area contributed by atoms with E-state index < -0.39 is 5.97 Å². The van der Waals surface area contributed by atoms with Crippen LogP contribution in [0.1, 0.15) is 26.3 Å². The summed E-state index contributed by atoms with van der Waals surface area (Å²) in [5.74, 6) is -1.42. The third-order valence-corrected chi connectivity index (χ3v) is 2.08. The van der Waals surface area contributed by atoms with Gasteiger partial charge in [-0.15, -0.1) is 0 Å². The Bertz CT molecular complexity index is 426. The number of carbonyl (C=O) groups is 2. The summed E-state index contributed by atoms with van der Waals surface area (Å²) in [4.78, 5) is 23.8. The fourth-order valence-electron chi connectivity index (χ4n) is 1.29. The molecule has 0 aliphatic rings. The van der Waals surface area contributed by atoms with Crippen LogP contribution >= 0.6 is 0 Å². The molecule has 16 heavy (non-hydrogen) atoms. The van der Waals surface area contributed by atoms with Gasteiger partial charge in [0.2, 0.25) is 0 Å². The third kappa shape index (κ3) is 2.58. The SMILES string of the molecule is CN(C)C(=O)c1cc(CO)cc(C(=O)O)c1. The van der Waals surface area contributed by atoms with E-state index in [9.17, 15) is 9.59 Å². The van der Waals surface area contributed by atoms with Gasteiger partial charge in [0, 0.05) is 19.7 Å². The Balaban J connectivity index is 3.24. The molecule has 1 aromatic rings. The summed E-state index contributed by atoms with van der Waals surface area (Å²) in [7, 11) is 3.16. The van der Waals surface area contributed by atoms with Crippen molar-refractivity contribution < 1.29 is 19.8 Å². The van der Waals surface area contributed by atoms with Crippen molar-refractivity contribution >= 4 is 11.9 Å². The molecule has 0 spiro atoms. The molecule has 86 valence electrons. The molecule has 2 N–H and O–H groups in total. The second-order valence-corrected chi connectivity index (χ2v) is 3.58. The van der Waals surface area contributed by atoms with Gasteiger partial charge >= 0.3 is 5.97 Å². The lowest BCUT2D eigenvalue weighted by atomic mass is 10.1. The highest BCUT2D eigenvalue weighted by atomic mass is 16.4. The minimum atomic E-state index is -1.12. The van der Waals surface area contributed by atoms with E-state index in [2.05, 4.69) is 0 Å². The zero-order chi connectivity index (χ0) is 12.3. The van der Waals surface area contributed by atoms with Crippen molar-refractivity contribution in [1.29, 1.82) is 0 Å². The maximum absolute atomic E-state index is 11.6. The zero-order valence-electron chi connectivity index (χ0n) is 9.10. The van der Waals surface area contributed by atoms with E-state index in [1.54, 1.807) is 14.1 Å². The first kappa shape index (κ1) is 12.2. The molecular formula is C11H13NO4. The summed E-state index contributed by atoms with van der Waals surface area (Å²) in [5, 5.41) is 17.8. The number of rotatable bonds is 3. The topological polar surface area (TPSA) is 77.8 Å². The monoisotopic (exact) mass is 223 g/mol. The smallest absolute Gasteiger partial charge is 0.335 e. The molecule has 5 nitrogen and oxygen atoms in total. The van der Waals surface area contributed by atoms with Crippen LogP contribution in [0.25, 0.3) is 0 Å². The summed E-state index contributed by atoms with van der Waals surface area (Å²) in [5.41, 5.74) is 0.663. The number of benzene rings is 1. The van der Waals surface area contributed by atoms with Crippen LogP contribution in [0.5, 0.6) is 0 Å². The summed E-state index contributed by atoms with van der Waals surface area (Å²) in [6.45, 7) is -0.297. The van der Waals surface area contributed by atoms with Gasteiger partial charge in [-0.25, -0.2) is 4.79 Å². The third-order valence-electron chi connectivity index (χ3n) is 2.08. The normalized spacial score (nSPS) is 9.94. The minimum Gasteiger partial charge on any atom is -0.478 e. The average Bonchev–Trinajstić information content (AvgIpc) is 2.27. The first-order valence-corrected chi connectivity index (χ1v) is 4.65. The highest BCUT2D eigenvalue weighted by molar-refractivity contribution is 5.97. The van der Waals surface area contributed by atoms with Gasteiger partial charge in [0.1, 0.15) is 0 Å². The van der Waals surface area contributed by atoms with Crippen molar-refractivity contribution in [3.63, 3.8) is 0 Å². The summed E-state index contributed by atoms with van der Waals surface area (Å²) >= 11 is 0. The molecule has 0 aliphatic heterocycles. The Hall–Kier alpha value is -1.88. The predicted molar refractivity (Wildman–Crippen MR) is 57.3 cm³/mol. The maximum Gasteiger partial charge on any atom is 0.335 e. The van der Waals surface area contributed by atoms with Crippen molar-refractivity contribution in [3.05, 3.63) is 34.9 Å². The first-order chi connectivity index (χ1) is 7.45. The second-order valence-electron chi connectivity index (χ2n) is 3.58. The summed E-state index contributed by atoms with van der Waals surface area (Å²) in [6, 6.07) is 4.12. The quantitative estimate of drug-likeness (QED) is 0.785. The van der Waals surface area contributed by atoms with Crippen LogP contribution in [0.15, 0.2) is 18.2 Å². The molecule has 0 fully saturated rings. The van der Waals surface area contributed by atoms with Gasteiger partial charge in [-0.1, -0.05) is 0 Å². The summed E-state index contributed by atoms with van der Waals surface area (Å²) in [6.07, 6.45) is 0. The molecule has 1 aromatic carbocycles. The van der Waals surface area contributed by atoms with Gasteiger partial charge in [0.15, 0.2) is 0 Å². The fourth-order valence-corrected chi connectivity index (χ4v) is 1.29. The van der Waals surface area contributed by atoms with Crippen LogP contribution in [0.4, 0.5) is 0 Å². The molecule has 5 heteroatoms. The predicted octanol–water partition coefficient (Wildman–Crippen LogP) is 0.579. The molecule has 0 aliphatic carbocycles. The molecule has 0 heterocycles. The van der Waals surface area contributed by atoms with Gasteiger partial charge in [-0.2, -0.15) is 0 Å². The lowest BCUT2D eigenvalue weighted by Gasteiger charge is -2.11. The van der Waals surface area contributed by atoms with Crippen LogP contribution in [-0.4, -0.2) is 41.1 Å². The summed E-state index contributed by atoms with van der Waals surface area (Å²) < 4.78 is 0. The number of aromatic carboxylic acids is 1. The van der Waals surface area contributed by atoms with Crippen LogP contribution < -0.4 is 0 Å². The zero-order valence-corrected chi connectivity index (χ0v) is 9.10. The van der Waals surface area contributed by atoms with Gasteiger partial charge in [-0.05, 0) is 23.8 Å². The van der Waals surface area contributed by atoms with Crippen molar-refractivity contribution in [2.24, 2.45) is 0 Å². The Kier molecular flexibility index (Phi) is 3.63. The van der Waals surface area contributed by atoms with E-state index in [4.69, 9.17) is 10.2 Å². The van der Waals surface area contributed by atoms with Crippen molar-refractivity contribution in [1.82, 2.24) is 4.90 Å². The number of carboxylic acid groups (broad SMARTS) is 1. The molecule has 0 atom stereocenters. The van der Waals surface area contributed by atoms with Gasteiger partial charge < -0.3 is 15.1 Å². The number of aliphatic hydroxyl groups excluding tert-OH is 1. The number of hydrogen-bond acceptors (Lipinski definition) is 3. The molecule has 0 unspecified atom stereocenters. The van der Waals surface area contributed by atoms with Gasteiger partial charge in [-0.3, -0.25) is 4.79 Å². The second kappa shape index (κ2) is 4.76. The molecule has 1 rings (SSSR count). The Morgan fingerprint density at radius 1 is 1.19 bits per heavy atom. The minimum absolute atomic E-state index is 0.00301. The first-order valence-electron chi connectivity index (χ1n) is 4.65. The van der Waals surface area contributed by atoms with Crippen LogP contribution in [0, 0.1) is 0 Å². The Labute approximate surface area is 92.9 Å². The molecule has 0 aromatic heterocycles. The van der Waals surface area contributed by atoms with E-state index in [1.165, 1.54) is 23.1 Å². The van der Waals surface area contributed by atoms with Gasteiger partial charge in [0.25, 0.3) is 5.91 Å². The number of aliphatic hydroxyl groups is 1. The highest BCUT2D eigenvalue weighted by Crippen LogP contribution is 2.12. The van der Waals surface area contributed by atoms with Crippen molar-refractivity contribution in [2.45, 2.75) is 6.61 Å².